The number of halogens is 1. The molecule has 3 aromatic carbocycles. The molecule has 0 radical (unpaired) electrons. The standard InChI is InChI=1S/C23H17ClN4OS/c24-18-11-5-4-10-17(18)22-26-27-23(28(22)14-16-8-2-1-3-9-16)30-15-21-25-19-12-6-7-13-20(19)29-21/h1-13H,14-15H2. The molecule has 148 valence electrons. The second kappa shape index (κ2) is 8.34. The minimum Gasteiger partial charge on any atom is -0.440 e. The Kier molecular flexibility index (Phi) is 5.26. The van der Waals surface area contributed by atoms with Crippen LogP contribution in [0.5, 0.6) is 0 Å². The fourth-order valence-electron chi connectivity index (χ4n) is 3.25. The Morgan fingerprint density at radius 2 is 1.63 bits per heavy atom. The van der Waals surface area contributed by atoms with E-state index in [0.717, 1.165) is 33.2 Å². The Morgan fingerprint density at radius 1 is 0.867 bits per heavy atom. The van der Waals surface area contributed by atoms with Crippen molar-refractivity contribution in [1.29, 1.82) is 0 Å². The molecule has 2 heterocycles. The largest absolute Gasteiger partial charge is 0.440 e. The summed E-state index contributed by atoms with van der Waals surface area (Å²) in [5.41, 5.74) is 3.66. The Hall–Kier alpha value is -3.09. The predicted octanol–water partition coefficient (Wildman–Crippen LogP) is 6.08. The molecule has 5 rings (SSSR count). The molecule has 2 aromatic heterocycles. The van der Waals surface area contributed by atoms with Crippen LogP contribution < -0.4 is 0 Å². The summed E-state index contributed by atoms with van der Waals surface area (Å²) in [6.45, 7) is 0.643. The van der Waals surface area contributed by atoms with E-state index < -0.39 is 0 Å². The zero-order valence-electron chi connectivity index (χ0n) is 15.9. The quantitative estimate of drug-likeness (QED) is 0.304. The Morgan fingerprint density at radius 3 is 2.47 bits per heavy atom. The van der Waals surface area contributed by atoms with Crippen molar-refractivity contribution in [3.05, 3.63) is 95.3 Å². The normalized spacial score (nSPS) is 11.2. The number of fused-ring (bicyclic) bond motifs is 1. The van der Waals surface area contributed by atoms with E-state index in [9.17, 15) is 0 Å². The van der Waals surface area contributed by atoms with Gasteiger partial charge in [0.05, 0.1) is 17.3 Å². The van der Waals surface area contributed by atoms with E-state index in [1.807, 2.05) is 66.7 Å². The third-order valence-electron chi connectivity index (χ3n) is 4.68. The van der Waals surface area contributed by atoms with Crippen LogP contribution in [0.1, 0.15) is 11.5 Å². The lowest BCUT2D eigenvalue weighted by Crippen LogP contribution is -2.04. The maximum Gasteiger partial charge on any atom is 0.205 e. The SMILES string of the molecule is Clc1ccccc1-c1nnc(SCc2nc3ccccc3o2)n1Cc1ccccc1. The monoisotopic (exact) mass is 432 g/mol. The fourth-order valence-corrected chi connectivity index (χ4v) is 4.26. The number of oxazole rings is 1. The first kappa shape index (κ1) is 18.9. The van der Waals surface area contributed by atoms with Gasteiger partial charge in [-0.3, -0.25) is 4.57 Å². The lowest BCUT2D eigenvalue weighted by Gasteiger charge is -2.11. The number of rotatable bonds is 6. The van der Waals surface area contributed by atoms with E-state index >= 15 is 0 Å². The maximum atomic E-state index is 6.45. The van der Waals surface area contributed by atoms with E-state index in [0.29, 0.717) is 23.2 Å². The van der Waals surface area contributed by atoms with Crippen molar-refractivity contribution in [2.45, 2.75) is 17.5 Å². The first-order chi connectivity index (χ1) is 14.8. The van der Waals surface area contributed by atoms with Crippen LogP contribution in [0.3, 0.4) is 0 Å². The molecule has 0 spiro atoms. The molecule has 0 saturated carbocycles. The number of thioether (sulfide) groups is 1. The molecular formula is C23H17ClN4OS. The number of nitrogens with zero attached hydrogens (tertiary/aromatic N) is 4. The van der Waals surface area contributed by atoms with E-state index in [2.05, 4.69) is 31.9 Å². The number of hydrogen-bond donors (Lipinski definition) is 0. The van der Waals surface area contributed by atoms with E-state index in [1.165, 1.54) is 0 Å². The van der Waals surface area contributed by atoms with Gasteiger partial charge in [0, 0.05) is 5.56 Å². The van der Waals surface area contributed by atoms with Crippen LogP contribution in [0.25, 0.3) is 22.5 Å². The second-order valence-corrected chi connectivity index (χ2v) is 8.07. The van der Waals surface area contributed by atoms with Gasteiger partial charge in [-0.1, -0.05) is 78.0 Å². The number of para-hydroxylation sites is 2. The first-order valence-corrected chi connectivity index (χ1v) is 10.8. The van der Waals surface area contributed by atoms with Crippen molar-refractivity contribution in [1.82, 2.24) is 19.7 Å². The lowest BCUT2D eigenvalue weighted by atomic mass is 10.2. The zero-order chi connectivity index (χ0) is 20.3. The van der Waals surface area contributed by atoms with Gasteiger partial charge in [-0.25, -0.2) is 4.98 Å². The molecule has 0 N–H and O–H groups in total. The summed E-state index contributed by atoms with van der Waals surface area (Å²) in [6.07, 6.45) is 0. The molecule has 5 aromatic rings. The second-order valence-electron chi connectivity index (χ2n) is 6.72. The third kappa shape index (κ3) is 3.84. The van der Waals surface area contributed by atoms with Crippen LogP contribution >= 0.6 is 23.4 Å². The van der Waals surface area contributed by atoms with E-state index in [-0.39, 0.29) is 0 Å². The van der Waals surface area contributed by atoms with Crippen LogP contribution in [0, 0.1) is 0 Å². The molecule has 7 heteroatoms. The van der Waals surface area contributed by atoms with Gasteiger partial charge < -0.3 is 4.42 Å². The van der Waals surface area contributed by atoms with Crippen molar-refractivity contribution in [2.75, 3.05) is 0 Å². The van der Waals surface area contributed by atoms with Crippen LogP contribution in [0.4, 0.5) is 0 Å². The van der Waals surface area contributed by atoms with E-state index in [4.69, 9.17) is 16.0 Å². The van der Waals surface area contributed by atoms with Crippen molar-refractivity contribution >= 4 is 34.5 Å². The summed E-state index contributed by atoms with van der Waals surface area (Å²) in [4.78, 5) is 4.55. The van der Waals surface area contributed by atoms with Gasteiger partial charge in [0.15, 0.2) is 16.6 Å². The Balaban J connectivity index is 1.48. The molecule has 0 aliphatic rings. The molecule has 5 nitrogen and oxygen atoms in total. The smallest absolute Gasteiger partial charge is 0.205 e. The van der Waals surface area contributed by atoms with Gasteiger partial charge in [0.2, 0.25) is 5.89 Å². The Labute approximate surface area is 182 Å². The van der Waals surface area contributed by atoms with Crippen molar-refractivity contribution in [3.8, 4) is 11.4 Å². The Bertz CT molecular complexity index is 1270. The van der Waals surface area contributed by atoms with Gasteiger partial charge in [-0.05, 0) is 29.8 Å². The molecule has 0 saturated heterocycles. The number of hydrogen-bond acceptors (Lipinski definition) is 5. The number of benzene rings is 3. The highest BCUT2D eigenvalue weighted by molar-refractivity contribution is 7.98. The van der Waals surface area contributed by atoms with Crippen LogP contribution in [0.2, 0.25) is 5.02 Å². The highest BCUT2D eigenvalue weighted by Crippen LogP contribution is 2.31. The lowest BCUT2D eigenvalue weighted by molar-refractivity contribution is 0.555. The van der Waals surface area contributed by atoms with Crippen molar-refractivity contribution < 1.29 is 4.42 Å². The zero-order valence-corrected chi connectivity index (χ0v) is 17.5. The average Bonchev–Trinajstić information content (AvgIpc) is 3.37. The van der Waals surface area contributed by atoms with Crippen molar-refractivity contribution in [3.63, 3.8) is 0 Å². The summed E-state index contributed by atoms with van der Waals surface area (Å²) in [5, 5.41) is 10.3. The molecule has 0 bridgehead atoms. The van der Waals surface area contributed by atoms with Crippen LogP contribution in [-0.2, 0) is 12.3 Å². The van der Waals surface area contributed by atoms with Gasteiger partial charge in [0.25, 0.3) is 0 Å². The highest BCUT2D eigenvalue weighted by Gasteiger charge is 2.18. The maximum absolute atomic E-state index is 6.45. The highest BCUT2D eigenvalue weighted by atomic mass is 35.5. The van der Waals surface area contributed by atoms with Gasteiger partial charge in [0.1, 0.15) is 5.52 Å². The van der Waals surface area contributed by atoms with Crippen molar-refractivity contribution in [2.24, 2.45) is 0 Å². The topological polar surface area (TPSA) is 56.7 Å². The van der Waals surface area contributed by atoms with Gasteiger partial charge in [-0.15, -0.1) is 10.2 Å². The molecule has 0 amide bonds. The third-order valence-corrected chi connectivity index (χ3v) is 5.96. The summed E-state index contributed by atoms with van der Waals surface area (Å²) < 4.78 is 7.94. The minimum absolute atomic E-state index is 0.560. The first-order valence-electron chi connectivity index (χ1n) is 9.47. The molecule has 0 atom stereocenters. The molecule has 0 unspecified atom stereocenters. The summed E-state index contributed by atoms with van der Waals surface area (Å²) in [7, 11) is 0. The molecule has 0 aliphatic heterocycles. The summed E-state index contributed by atoms with van der Waals surface area (Å²) in [6, 6.07) is 25.7. The molecule has 0 aliphatic carbocycles. The summed E-state index contributed by atoms with van der Waals surface area (Å²) >= 11 is 7.99. The van der Waals surface area contributed by atoms with Gasteiger partial charge >= 0.3 is 0 Å². The molecule has 30 heavy (non-hydrogen) atoms. The average molecular weight is 433 g/mol. The van der Waals surface area contributed by atoms with Crippen LogP contribution in [-0.4, -0.2) is 19.7 Å². The molecule has 0 fully saturated rings. The van der Waals surface area contributed by atoms with E-state index in [1.54, 1.807) is 11.8 Å². The van der Waals surface area contributed by atoms with Gasteiger partial charge in [-0.2, -0.15) is 0 Å². The fraction of sp³-hybridized carbons (Fsp3) is 0.0870. The molecular weight excluding hydrogens is 416 g/mol. The van der Waals surface area contributed by atoms with Crippen LogP contribution in [0.15, 0.2) is 88.4 Å². The number of aromatic nitrogens is 4. The minimum atomic E-state index is 0.560. The summed E-state index contributed by atoms with van der Waals surface area (Å²) in [5.74, 6) is 1.96. The predicted molar refractivity (Wildman–Crippen MR) is 120 cm³/mol.